The van der Waals surface area contributed by atoms with Crippen molar-refractivity contribution < 1.29 is 19.7 Å². The predicted octanol–water partition coefficient (Wildman–Crippen LogP) is -0.941. The summed E-state index contributed by atoms with van der Waals surface area (Å²) in [5.74, 6) is 0. The highest BCUT2D eigenvalue weighted by molar-refractivity contribution is 5.03. The van der Waals surface area contributed by atoms with Crippen molar-refractivity contribution in [3.05, 3.63) is 45.3 Å². The Hall–Kier alpha value is -1.74. The molecule has 0 bridgehead atoms. The second kappa shape index (κ2) is 6.57. The molecule has 0 spiro atoms. The summed E-state index contributed by atoms with van der Waals surface area (Å²) in [4.78, 5) is 25.6. The Bertz CT molecular complexity index is 645. The maximum Gasteiger partial charge on any atom is 0.330 e. The van der Waals surface area contributed by atoms with Crippen molar-refractivity contribution in [2.24, 2.45) is 0 Å². The molecule has 0 amide bonds. The third-order valence-electron chi connectivity index (χ3n) is 3.78. The van der Waals surface area contributed by atoms with E-state index in [-0.39, 0.29) is 13.0 Å². The van der Waals surface area contributed by atoms with Crippen molar-refractivity contribution in [3.8, 4) is 0 Å². The molecule has 8 heteroatoms. The Morgan fingerprint density at radius 1 is 1.55 bits per heavy atom. The zero-order chi connectivity index (χ0) is 16.3. The molecule has 0 radical (unpaired) electrons. The van der Waals surface area contributed by atoms with E-state index < -0.39 is 42.4 Å². The molecule has 3 N–H and O–H groups in total. The van der Waals surface area contributed by atoms with E-state index in [9.17, 15) is 19.8 Å². The molecule has 22 heavy (non-hydrogen) atoms. The molecule has 0 aromatic carbocycles. The quantitative estimate of drug-likeness (QED) is 0.584. The minimum Gasteiger partial charge on any atom is -0.393 e. The normalized spacial score (nSPS) is 23.6. The summed E-state index contributed by atoms with van der Waals surface area (Å²) in [5, 5.41) is 19.2. The summed E-state index contributed by atoms with van der Waals surface area (Å²) in [6.45, 7) is 4.42. The van der Waals surface area contributed by atoms with Gasteiger partial charge in [0.15, 0.2) is 0 Å². The number of aryl methyl sites for hydroxylation is 1. The number of hydrogen-bond donors (Lipinski definition) is 3. The molecule has 1 saturated heterocycles. The molecule has 1 aromatic heterocycles. The Labute approximate surface area is 126 Å². The number of H-pyrrole nitrogens is 1. The van der Waals surface area contributed by atoms with Gasteiger partial charge in [0.25, 0.3) is 5.56 Å². The Balaban J connectivity index is 2.35. The molecule has 0 aliphatic carbocycles. The molecule has 2 heterocycles. The number of hydrogen-bond acceptors (Lipinski definition) is 6. The first-order valence-electron chi connectivity index (χ1n) is 6.91. The van der Waals surface area contributed by atoms with Crippen LogP contribution in [0.25, 0.3) is 0 Å². The first-order valence-corrected chi connectivity index (χ1v) is 6.91. The van der Waals surface area contributed by atoms with Gasteiger partial charge in [-0.15, -0.1) is 6.58 Å². The van der Waals surface area contributed by atoms with Crippen LogP contribution in [-0.2, 0) is 9.47 Å². The topological polar surface area (TPSA) is 114 Å². The first kappa shape index (κ1) is 16.6. The number of rotatable bonds is 6. The van der Waals surface area contributed by atoms with Gasteiger partial charge in [-0.05, 0) is 6.92 Å². The van der Waals surface area contributed by atoms with Crippen molar-refractivity contribution in [3.63, 3.8) is 0 Å². The minimum atomic E-state index is -1.31. The van der Waals surface area contributed by atoms with Crippen LogP contribution in [0.15, 0.2) is 28.4 Å². The van der Waals surface area contributed by atoms with Gasteiger partial charge in [0.05, 0.1) is 25.9 Å². The highest BCUT2D eigenvalue weighted by Gasteiger charge is 2.50. The van der Waals surface area contributed by atoms with Gasteiger partial charge < -0.3 is 19.7 Å². The van der Waals surface area contributed by atoms with Crippen LogP contribution in [0.3, 0.4) is 0 Å². The second-order valence-corrected chi connectivity index (χ2v) is 5.28. The first-order chi connectivity index (χ1) is 10.5. The van der Waals surface area contributed by atoms with Crippen LogP contribution in [0.1, 0.15) is 18.2 Å². The summed E-state index contributed by atoms with van der Waals surface area (Å²) in [6, 6.07) is 0. The lowest BCUT2D eigenvalue weighted by molar-refractivity contribution is -0.159. The van der Waals surface area contributed by atoms with Crippen LogP contribution < -0.4 is 11.2 Å². The molecule has 0 unspecified atom stereocenters. The minimum absolute atomic E-state index is 0.224. The maximum absolute atomic E-state index is 11.9. The van der Waals surface area contributed by atoms with Crippen LogP contribution in [0.4, 0.5) is 0 Å². The van der Waals surface area contributed by atoms with Gasteiger partial charge in [-0.2, -0.15) is 0 Å². The zero-order valence-electron chi connectivity index (χ0n) is 12.3. The van der Waals surface area contributed by atoms with E-state index in [2.05, 4.69) is 11.6 Å². The average molecular weight is 312 g/mol. The molecular weight excluding hydrogens is 292 g/mol. The van der Waals surface area contributed by atoms with Gasteiger partial charge in [-0.25, -0.2) is 4.79 Å². The number of aliphatic hydroxyl groups is 2. The van der Waals surface area contributed by atoms with E-state index >= 15 is 0 Å². The van der Waals surface area contributed by atoms with E-state index in [0.29, 0.717) is 5.56 Å². The summed E-state index contributed by atoms with van der Waals surface area (Å²) >= 11 is 0. The van der Waals surface area contributed by atoms with Crippen LogP contribution in [0.2, 0.25) is 0 Å². The molecule has 1 aliphatic rings. The zero-order valence-corrected chi connectivity index (χ0v) is 12.3. The van der Waals surface area contributed by atoms with E-state index in [1.807, 2.05) is 0 Å². The molecule has 2 atom stereocenters. The van der Waals surface area contributed by atoms with Gasteiger partial charge >= 0.3 is 5.69 Å². The molecule has 1 aliphatic heterocycles. The van der Waals surface area contributed by atoms with Crippen molar-refractivity contribution >= 4 is 0 Å². The third-order valence-corrected chi connectivity index (χ3v) is 3.78. The van der Waals surface area contributed by atoms with Gasteiger partial charge in [0, 0.05) is 18.2 Å². The van der Waals surface area contributed by atoms with Crippen molar-refractivity contribution in [2.45, 2.75) is 31.3 Å². The van der Waals surface area contributed by atoms with Crippen molar-refractivity contribution in [1.82, 2.24) is 9.55 Å². The van der Waals surface area contributed by atoms with Gasteiger partial charge in [0.1, 0.15) is 11.8 Å². The number of aromatic amines is 1. The third kappa shape index (κ3) is 2.91. The number of aliphatic hydroxyl groups excluding tert-OH is 2. The number of nitrogens with zero attached hydrogens (tertiary/aromatic N) is 1. The Morgan fingerprint density at radius 2 is 2.23 bits per heavy atom. The Kier molecular flexibility index (Phi) is 4.97. The highest BCUT2D eigenvalue weighted by atomic mass is 16.6. The summed E-state index contributed by atoms with van der Waals surface area (Å²) in [5.41, 5.74) is -2.03. The summed E-state index contributed by atoms with van der Waals surface area (Å²) < 4.78 is 12.5. The molecule has 2 rings (SSSR count). The molecule has 8 nitrogen and oxygen atoms in total. The smallest absolute Gasteiger partial charge is 0.330 e. The van der Waals surface area contributed by atoms with Gasteiger partial charge in [-0.1, -0.05) is 6.08 Å². The highest BCUT2D eigenvalue weighted by Crippen LogP contribution is 2.37. The summed E-state index contributed by atoms with van der Waals surface area (Å²) in [7, 11) is 0. The maximum atomic E-state index is 11.9. The predicted molar refractivity (Wildman–Crippen MR) is 77.6 cm³/mol. The van der Waals surface area contributed by atoms with Gasteiger partial charge in [0.2, 0.25) is 0 Å². The SMILES string of the molecule is C=CCO[C@H]1C[C@H](n2cc(C)c(=O)[nH]c2=O)OC1(CO)CO. The van der Waals surface area contributed by atoms with Crippen LogP contribution in [0, 0.1) is 6.92 Å². The van der Waals surface area contributed by atoms with E-state index in [1.165, 1.54) is 10.8 Å². The van der Waals surface area contributed by atoms with Crippen molar-refractivity contribution in [1.29, 1.82) is 0 Å². The fourth-order valence-electron chi connectivity index (χ4n) is 2.50. The fraction of sp³-hybridized carbons (Fsp3) is 0.571. The molecule has 122 valence electrons. The van der Waals surface area contributed by atoms with E-state index in [4.69, 9.17) is 9.47 Å². The lowest BCUT2D eigenvalue weighted by Crippen LogP contribution is -2.48. The monoisotopic (exact) mass is 312 g/mol. The van der Waals surface area contributed by atoms with Crippen molar-refractivity contribution in [2.75, 3.05) is 19.8 Å². The molecule has 1 aromatic rings. The molecule has 0 saturated carbocycles. The second-order valence-electron chi connectivity index (χ2n) is 5.28. The molecular formula is C14H20N2O6. The van der Waals surface area contributed by atoms with Crippen LogP contribution >= 0.6 is 0 Å². The van der Waals surface area contributed by atoms with Crippen LogP contribution in [0.5, 0.6) is 0 Å². The lowest BCUT2D eigenvalue weighted by atomic mass is 9.98. The lowest BCUT2D eigenvalue weighted by Gasteiger charge is -2.30. The number of nitrogens with one attached hydrogen (secondary N) is 1. The largest absolute Gasteiger partial charge is 0.393 e. The average Bonchev–Trinajstić information content (AvgIpc) is 2.88. The van der Waals surface area contributed by atoms with Gasteiger partial charge in [-0.3, -0.25) is 14.3 Å². The fourth-order valence-corrected chi connectivity index (χ4v) is 2.50. The van der Waals surface area contributed by atoms with E-state index in [1.54, 1.807) is 13.0 Å². The number of ether oxygens (including phenoxy) is 2. The Morgan fingerprint density at radius 3 is 2.82 bits per heavy atom. The van der Waals surface area contributed by atoms with Crippen LogP contribution in [-0.4, -0.2) is 51.3 Å². The number of aromatic nitrogens is 2. The molecule has 1 fully saturated rings. The standard InChI is InChI=1S/C14H20N2O6/c1-3-4-21-10-5-11(22-14(10,7-17)8-18)16-6-9(2)12(19)15-13(16)20/h3,6,10-11,17-18H,1,4-5,7-8H2,2H3,(H,15,19,20)/t10-,11+/m0/s1. The summed E-state index contributed by atoms with van der Waals surface area (Å²) in [6.07, 6.45) is 1.83. The van der Waals surface area contributed by atoms with E-state index in [0.717, 1.165) is 0 Å².